The smallest absolute Gasteiger partial charge is 0.231 e. The minimum Gasteiger partial charge on any atom is -0.497 e. The van der Waals surface area contributed by atoms with Crippen molar-refractivity contribution in [3.63, 3.8) is 0 Å². The van der Waals surface area contributed by atoms with Crippen molar-refractivity contribution >= 4 is 17.5 Å². The van der Waals surface area contributed by atoms with Gasteiger partial charge in [0, 0.05) is 31.9 Å². The average molecular weight is 471 g/mol. The average Bonchev–Trinajstić information content (AvgIpc) is 3.21. The third-order valence-corrected chi connectivity index (χ3v) is 6.57. The molecule has 0 spiro atoms. The lowest BCUT2D eigenvalue weighted by Crippen LogP contribution is -2.31. The molecule has 0 saturated heterocycles. The van der Waals surface area contributed by atoms with Crippen LogP contribution in [0.2, 0.25) is 0 Å². The number of ketones is 1. The van der Waals surface area contributed by atoms with Crippen molar-refractivity contribution in [2.75, 3.05) is 31.8 Å². The second-order valence-electron chi connectivity index (χ2n) is 8.73. The summed E-state index contributed by atoms with van der Waals surface area (Å²) in [5.41, 5.74) is 4.77. The molecule has 2 aliphatic rings. The van der Waals surface area contributed by atoms with Gasteiger partial charge in [-0.15, -0.1) is 0 Å². The minimum absolute atomic E-state index is 0.0945. The van der Waals surface area contributed by atoms with Crippen LogP contribution < -0.4 is 19.1 Å². The standard InChI is InChI=1S/C29H30N2O4/c1-4-31(5-2)22-10-6-20(7-11-22)16-27-28(32)24-14-15-26-25(29(24)35-27)18-30(19-34-26)17-21-8-12-23(33-3)13-9-21/h6-16H,4-5,17-19H2,1-3H3/b27-16-. The van der Waals surface area contributed by atoms with E-state index in [0.29, 0.717) is 30.3 Å². The fraction of sp³-hybridized carbons (Fsp3) is 0.276. The highest BCUT2D eigenvalue weighted by molar-refractivity contribution is 6.15. The van der Waals surface area contributed by atoms with E-state index in [2.05, 4.69) is 47.9 Å². The molecule has 0 fully saturated rings. The minimum atomic E-state index is -0.0945. The lowest BCUT2D eigenvalue weighted by molar-refractivity contribution is 0.0872. The van der Waals surface area contributed by atoms with Crippen molar-refractivity contribution in [3.8, 4) is 17.2 Å². The van der Waals surface area contributed by atoms with Crippen LogP contribution >= 0.6 is 0 Å². The first-order valence-corrected chi connectivity index (χ1v) is 12.0. The van der Waals surface area contributed by atoms with Crippen LogP contribution in [0, 0.1) is 0 Å². The van der Waals surface area contributed by atoms with Gasteiger partial charge in [-0.2, -0.15) is 0 Å². The highest BCUT2D eigenvalue weighted by atomic mass is 16.5. The molecule has 0 atom stereocenters. The summed E-state index contributed by atoms with van der Waals surface area (Å²) in [4.78, 5) is 17.6. The first kappa shape index (κ1) is 23.0. The first-order valence-electron chi connectivity index (χ1n) is 12.0. The molecule has 6 nitrogen and oxygen atoms in total. The van der Waals surface area contributed by atoms with Gasteiger partial charge in [-0.3, -0.25) is 9.69 Å². The Morgan fingerprint density at radius 3 is 2.43 bits per heavy atom. The van der Waals surface area contributed by atoms with E-state index >= 15 is 0 Å². The Kier molecular flexibility index (Phi) is 6.47. The van der Waals surface area contributed by atoms with Gasteiger partial charge in [-0.05, 0) is 67.4 Å². The van der Waals surface area contributed by atoms with E-state index in [1.54, 1.807) is 13.2 Å². The number of nitrogens with zero attached hydrogens (tertiary/aromatic N) is 2. The molecule has 0 N–H and O–H groups in total. The predicted molar refractivity (Wildman–Crippen MR) is 137 cm³/mol. The first-order chi connectivity index (χ1) is 17.1. The molecule has 35 heavy (non-hydrogen) atoms. The summed E-state index contributed by atoms with van der Waals surface area (Å²) in [6, 6.07) is 19.9. The molecule has 180 valence electrons. The van der Waals surface area contributed by atoms with Gasteiger partial charge in [0.1, 0.15) is 24.0 Å². The van der Waals surface area contributed by atoms with Crippen molar-refractivity contribution in [1.29, 1.82) is 0 Å². The highest BCUT2D eigenvalue weighted by Gasteiger charge is 2.33. The molecule has 0 bridgehead atoms. The normalized spacial score (nSPS) is 15.9. The third-order valence-electron chi connectivity index (χ3n) is 6.57. The molecule has 0 aromatic heterocycles. The Hall–Kier alpha value is -3.77. The second kappa shape index (κ2) is 9.84. The van der Waals surface area contributed by atoms with Crippen LogP contribution in [0.15, 0.2) is 66.4 Å². The zero-order chi connectivity index (χ0) is 24.4. The van der Waals surface area contributed by atoms with Crippen molar-refractivity contribution in [2.45, 2.75) is 26.9 Å². The fourth-order valence-electron chi connectivity index (χ4n) is 4.62. The monoisotopic (exact) mass is 470 g/mol. The lowest BCUT2D eigenvalue weighted by atomic mass is 10.0. The molecule has 3 aromatic rings. The second-order valence-corrected chi connectivity index (χ2v) is 8.73. The van der Waals surface area contributed by atoms with Gasteiger partial charge in [0.25, 0.3) is 0 Å². The summed E-state index contributed by atoms with van der Waals surface area (Å²) < 4.78 is 17.4. The van der Waals surface area contributed by atoms with Crippen LogP contribution in [-0.4, -0.2) is 37.6 Å². The van der Waals surface area contributed by atoms with Gasteiger partial charge < -0.3 is 19.1 Å². The van der Waals surface area contributed by atoms with E-state index in [1.165, 1.54) is 5.69 Å². The van der Waals surface area contributed by atoms with Crippen LogP contribution in [-0.2, 0) is 13.1 Å². The number of fused-ring (bicyclic) bond motifs is 3. The van der Waals surface area contributed by atoms with Crippen LogP contribution in [0.25, 0.3) is 6.08 Å². The number of benzene rings is 3. The van der Waals surface area contributed by atoms with Crippen LogP contribution in [0.4, 0.5) is 5.69 Å². The summed E-state index contributed by atoms with van der Waals surface area (Å²) in [7, 11) is 1.66. The van der Waals surface area contributed by atoms with Crippen LogP contribution in [0.1, 0.15) is 40.9 Å². The Labute approximate surface area is 206 Å². The van der Waals surface area contributed by atoms with Crippen LogP contribution in [0.5, 0.6) is 17.2 Å². The van der Waals surface area contributed by atoms with Crippen molar-refractivity contribution in [2.24, 2.45) is 0 Å². The Balaban J connectivity index is 1.35. The fourth-order valence-corrected chi connectivity index (χ4v) is 4.62. The number of anilines is 1. The molecule has 0 aliphatic carbocycles. The molecule has 5 rings (SSSR count). The van der Waals surface area contributed by atoms with E-state index in [0.717, 1.165) is 47.8 Å². The molecule has 2 aliphatic heterocycles. The summed E-state index contributed by atoms with van der Waals surface area (Å²) in [6.45, 7) is 8.04. The Morgan fingerprint density at radius 2 is 1.74 bits per heavy atom. The number of carbonyl (C=O) groups excluding carboxylic acids is 1. The van der Waals surface area contributed by atoms with E-state index in [4.69, 9.17) is 14.2 Å². The summed E-state index contributed by atoms with van der Waals surface area (Å²) in [5, 5.41) is 0. The van der Waals surface area contributed by atoms with E-state index in [-0.39, 0.29) is 5.78 Å². The SMILES string of the molecule is CCN(CC)c1ccc(/C=C2\Oc3c(ccc4c3CN(Cc3ccc(OC)cc3)CO4)C2=O)cc1. The molecular weight excluding hydrogens is 440 g/mol. The van der Waals surface area contributed by atoms with Crippen molar-refractivity contribution in [3.05, 3.63) is 88.7 Å². The highest BCUT2D eigenvalue weighted by Crippen LogP contribution is 2.42. The molecule has 0 unspecified atom stereocenters. The quantitative estimate of drug-likeness (QED) is 0.425. The number of hydrogen-bond donors (Lipinski definition) is 0. The van der Waals surface area contributed by atoms with E-state index < -0.39 is 0 Å². The zero-order valence-corrected chi connectivity index (χ0v) is 20.4. The summed E-state index contributed by atoms with van der Waals surface area (Å²) in [5.74, 6) is 2.46. The number of rotatable bonds is 7. The van der Waals surface area contributed by atoms with E-state index in [1.807, 2.05) is 36.4 Å². The molecule has 0 amide bonds. The number of Topliss-reactive ketones (excluding diaryl/α,β-unsaturated/α-hetero) is 1. The zero-order valence-electron chi connectivity index (χ0n) is 20.4. The Morgan fingerprint density at radius 1 is 1.00 bits per heavy atom. The van der Waals surface area contributed by atoms with Gasteiger partial charge in [-0.1, -0.05) is 24.3 Å². The predicted octanol–water partition coefficient (Wildman–Crippen LogP) is 5.51. The van der Waals surface area contributed by atoms with Crippen LogP contribution in [0.3, 0.4) is 0 Å². The number of allylic oxidation sites excluding steroid dienone is 1. The van der Waals surface area contributed by atoms with Crippen molar-refractivity contribution in [1.82, 2.24) is 4.90 Å². The molecule has 3 aromatic carbocycles. The number of methoxy groups -OCH3 is 1. The number of ether oxygens (including phenoxy) is 3. The van der Waals surface area contributed by atoms with Gasteiger partial charge in [0.05, 0.1) is 18.2 Å². The van der Waals surface area contributed by atoms with E-state index in [9.17, 15) is 4.79 Å². The lowest BCUT2D eigenvalue weighted by Gasteiger charge is -2.29. The summed E-state index contributed by atoms with van der Waals surface area (Å²) in [6.07, 6.45) is 1.82. The summed E-state index contributed by atoms with van der Waals surface area (Å²) >= 11 is 0. The number of carbonyl (C=O) groups is 1. The molecule has 6 heteroatoms. The van der Waals surface area contributed by atoms with Gasteiger partial charge in [0.15, 0.2) is 5.76 Å². The topological polar surface area (TPSA) is 51.2 Å². The molecule has 0 radical (unpaired) electrons. The van der Waals surface area contributed by atoms with Crippen molar-refractivity contribution < 1.29 is 19.0 Å². The number of hydrogen-bond acceptors (Lipinski definition) is 6. The maximum atomic E-state index is 13.1. The van der Waals surface area contributed by atoms with Gasteiger partial charge in [-0.25, -0.2) is 0 Å². The molecular formula is C29H30N2O4. The van der Waals surface area contributed by atoms with Gasteiger partial charge in [0.2, 0.25) is 5.78 Å². The molecule has 0 saturated carbocycles. The van der Waals surface area contributed by atoms with Gasteiger partial charge >= 0.3 is 0 Å². The molecule has 2 heterocycles. The largest absolute Gasteiger partial charge is 0.497 e. The maximum absolute atomic E-state index is 13.1. The maximum Gasteiger partial charge on any atom is 0.231 e. The third kappa shape index (κ3) is 4.62. The Bertz CT molecular complexity index is 1240.